The predicted octanol–water partition coefficient (Wildman–Crippen LogP) is 10.4. The van der Waals surface area contributed by atoms with E-state index < -0.39 is 0 Å². The van der Waals surface area contributed by atoms with Crippen molar-refractivity contribution in [2.24, 2.45) is 0 Å². The molecule has 0 aliphatic rings. The molecule has 6 nitrogen and oxygen atoms in total. The summed E-state index contributed by atoms with van der Waals surface area (Å²) in [4.78, 5) is 18.1. The number of fused-ring (bicyclic) bond motifs is 4. The largest absolute Gasteiger partial charge is 0.501 e. The summed E-state index contributed by atoms with van der Waals surface area (Å²) in [6.45, 7) is 19.3. The van der Waals surface area contributed by atoms with Gasteiger partial charge in [0.15, 0.2) is 5.58 Å². The maximum atomic E-state index is 6.29. The number of nitrogens with zero attached hydrogens (tertiary/aromatic N) is 4. The molecule has 0 aliphatic heterocycles. The Kier molecular flexibility index (Phi) is 9.29. The van der Waals surface area contributed by atoms with E-state index in [1.807, 2.05) is 60.8 Å². The normalized spacial score (nSPS) is 12.2. The van der Waals surface area contributed by atoms with Gasteiger partial charge in [-0.15, -0.1) is 54.1 Å². The zero-order valence-corrected chi connectivity index (χ0v) is 30.8. The molecule has 47 heavy (non-hydrogen) atoms. The van der Waals surface area contributed by atoms with Crippen LogP contribution in [0.5, 0.6) is 0 Å². The first-order chi connectivity index (χ1) is 21.7. The molecule has 0 unspecified atom stereocenters. The number of oxazole rings is 1. The number of hydrogen-bond acceptors (Lipinski definition) is 6. The van der Waals surface area contributed by atoms with Gasteiger partial charge in [0.1, 0.15) is 17.4 Å². The van der Waals surface area contributed by atoms with Crippen LogP contribution in [0.2, 0.25) is 0 Å². The second-order valence-electron chi connectivity index (χ2n) is 14.8. The smallest absolute Gasteiger partial charge is 0.200 e. The molecule has 0 bridgehead atoms. The van der Waals surface area contributed by atoms with Crippen molar-refractivity contribution in [3.63, 3.8) is 0 Å². The van der Waals surface area contributed by atoms with Gasteiger partial charge in [-0.25, -0.2) is 9.97 Å². The monoisotopic (exact) mass is 801 g/mol. The molecule has 7 rings (SSSR count). The summed E-state index contributed by atoms with van der Waals surface area (Å²) in [6, 6.07) is 28.5. The van der Waals surface area contributed by atoms with Crippen LogP contribution in [-0.4, -0.2) is 19.9 Å². The Bertz CT molecular complexity index is 2140. The maximum Gasteiger partial charge on any atom is 0.200 e. The van der Waals surface area contributed by atoms with Crippen LogP contribution in [0, 0.1) is 12.1 Å². The van der Waals surface area contributed by atoms with E-state index in [-0.39, 0.29) is 36.4 Å². The maximum absolute atomic E-state index is 6.29. The third-order valence-electron chi connectivity index (χ3n) is 7.89. The molecule has 0 aliphatic carbocycles. The minimum atomic E-state index is -0.151. The fourth-order valence-electron chi connectivity index (χ4n) is 5.13. The van der Waals surface area contributed by atoms with Crippen molar-refractivity contribution < 1.29 is 28.9 Å². The van der Waals surface area contributed by atoms with Gasteiger partial charge in [-0.3, -0.25) is 4.98 Å². The first-order valence-electron chi connectivity index (χ1n) is 15.6. The van der Waals surface area contributed by atoms with Crippen molar-refractivity contribution in [2.75, 3.05) is 0 Å². The predicted molar refractivity (Wildman–Crippen MR) is 186 cm³/mol. The minimum Gasteiger partial charge on any atom is -0.501 e. The summed E-state index contributed by atoms with van der Waals surface area (Å²) < 4.78 is 12.3. The molecular weight excluding hydrogens is 761 g/mol. The van der Waals surface area contributed by atoms with Crippen LogP contribution >= 0.6 is 0 Å². The molecule has 0 amide bonds. The topological polar surface area (TPSA) is 77.8 Å². The van der Waals surface area contributed by atoms with E-state index in [1.165, 1.54) is 5.56 Å². The SMILES string of the molecule is CC(C)(C)c1cc(-c2[c-]ccc3c2oc2cc4nc(C(C)(C)C)oc4cc23)ncn1.CC(C)(C)c1ccc(-c2[c-]cccc2)nc1.[Ir]. The summed E-state index contributed by atoms with van der Waals surface area (Å²) in [7, 11) is 0. The summed E-state index contributed by atoms with van der Waals surface area (Å²) in [5, 5.41) is 2.00. The van der Waals surface area contributed by atoms with Crippen LogP contribution in [0.25, 0.3) is 55.6 Å². The van der Waals surface area contributed by atoms with Crippen LogP contribution in [0.4, 0.5) is 0 Å². The summed E-state index contributed by atoms with van der Waals surface area (Å²) in [6.07, 6.45) is 3.56. The van der Waals surface area contributed by atoms with Crippen molar-refractivity contribution in [3.8, 4) is 22.5 Å². The van der Waals surface area contributed by atoms with Gasteiger partial charge >= 0.3 is 0 Å². The molecular formula is C40H40IrN4O2-2. The van der Waals surface area contributed by atoms with E-state index in [2.05, 4.69) is 107 Å². The van der Waals surface area contributed by atoms with Crippen molar-refractivity contribution in [3.05, 3.63) is 109 Å². The Labute approximate surface area is 290 Å². The van der Waals surface area contributed by atoms with E-state index in [9.17, 15) is 0 Å². The van der Waals surface area contributed by atoms with Gasteiger partial charge in [-0.2, -0.15) is 0 Å². The fraction of sp³-hybridized carbons (Fsp3) is 0.300. The van der Waals surface area contributed by atoms with Crippen LogP contribution in [0.3, 0.4) is 0 Å². The molecule has 1 radical (unpaired) electrons. The Morgan fingerprint density at radius 3 is 2.06 bits per heavy atom. The van der Waals surface area contributed by atoms with Gasteiger partial charge in [0.2, 0.25) is 5.89 Å². The van der Waals surface area contributed by atoms with Crippen molar-refractivity contribution >= 4 is 33.0 Å². The minimum absolute atomic E-state index is 0. The third kappa shape index (κ3) is 7.22. The van der Waals surface area contributed by atoms with Gasteiger partial charge in [-0.05, 0) is 28.4 Å². The molecule has 0 spiro atoms. The van der Waals surface area contributed by atoms with E-state index in [1.54, 1.807) is 6.33 Å². The second kappa shape index (κ2) is 12.8. The van der Waals surface area contributed by atoms with Gasteiger partial charge in [-0.1, -0.05) is 91.5 Å². The third-order valence-corrected chi connectivity index (χ3v) is 7.89. The van der Waals surface area contributed by atoms with E-state index >= 15 is 0 Å². The zero-order valence-electron chi connectivity index (χ0n) is 28.4. The molecule has 0 N–H and O–H groups in total. The van der Waals surface area contributed by atoms with Gasteiger partial charge in [0.25, 0.3) is 0 Å². The van der Waals surface area contributed by atoms with Crippen LogP contribution in [-0.2, 0) is 36.4 Å². The molecule has 4 heterocycles. The van der Waals surface area contributed by atoms with Crippen LogP contribution < -0.4 is 0 Å². The molecule has 0 fully saturated rings. The first-order valence-corrected chi connectivity index (χ1v) is 15.6. The van der Waals surface area contributed by atoms with Crippen molar-refractivity contribution in [1.29, 1.82) is 0 Å². The average molecular weight is 801 g/mol. The Morgan fingerprint density at radius 1 is 0.638 bits per heavy atom. The van der Waals surface area contributed by atoms with Gasteiger partial charge in [0.05, 0.1) is 5.58 Å². The first kappa shape index (κ1) is 34.2. The quantitative estimate of drug-likeness (QED) is 0.162. The van der Waals surface area contributed by atoms with E-state index in [0.717, 1.165) is 67.1 Å². The number of pyridine rings is 1. The fourth-order valence-corrected chi connectivity index (χ4v) is 5.13. The van der Waals surface area contributed by atoms with Crippen LogP contribution in [0.1, 0.15) is 79.5 Å². The standard InChI is InChI=1S/C25H24N3O2.C15H16N.Ir/c1-24(2,3)21-12-17(26-13-27-21)15-9-7-8-14-16-10-20-18(11-19(16)29-22(14)15)28-23(30-20)25(4,5)6;1-15(2,3)13-9-10-14(16-11-13)12-7-5-4-6-8-12;/h7-8,10-13H,1-6H3;4-7,9-11H,1-3H3;/q2*-1;. The van der Waals surface area contributed by atoms with E-state index in [4.69, 9.17) is 8.83 Å². The molecule has 4 aromatic heterocycles. The zero-order chi connectivity index (χ0) is 32.9. The number of furan rings is 1. The number of hydrogen-bond donors (Lipinski definition) is 0. The van der Waals surface area contributed by atoms with Crippen molar-refractivity contribution in [2.45, 2.75) is 78.6 Å². The van der Waals surface area contributed by atoms with Crippen molar-refractivity contribution in [1.82, 2.24) is 19.9 Å². The molecule has 0 saturated carbocycles. The summed E-state index contributed by atoms with van der Waals surface area (Å²) >= 11 is 0. The second-order valence-corrected chi connectivity index (χ2v) is 14.8. The van der Waals surface area contributed by atoms with Gasteiger partial charge < -0.3 is 13.8 Å². The Morgan fingerprint density at radius 2 is 1.43 bits per heavy atom. The molecule has 243 valence electrons. The summed E-state index contributed by atoms with van der Waals surface area (Å²) in [5.41, 5.74) is 8.93. The van der Waals surface area contributed by atoms with Crippen LogP contribution in [0.15, 0.2) is 88.1 Å². The molecule has 7 aromatic rings. The Balaban J connectivity index is 0.000000217. The van der Waals surface area contributed by atoms with E-state index in [0.29, 0.717) is 0 Å². The van der Waals surface area contributed by atoms with Gasteiger partial charge in [0, 0.05) is 54.3 Å². The Hall–Kier alpha value is -4.19. The molecule has 0 saturated heterocycles. The molecule has 3 aromatic carbocycles. The number of rotatable bonds is 2. The summed E-state index contributed by atoms with van der Waals surface area (Å²) in [5.74, 6) is 0.721. The molecule has 7 heteroatoms. The molecule has 0 atom stereocenters. The average Bonchev–Trinajstić information content (AvgIpc) is 3.61. The number of benzene rings is 3. The number of aromatic nitrogens is 4.